The molecule has 10 nitrogen and oxygen atoms in total. The Morgan fingerprint density at radius 1 is 1.21 bits per heavy atom. The summed E-state index contributed by atoms with van der Waals surface area (Å²) in [6.07, 6.45) is -4.57. The molecule has 1 amide bonds. The molecule has 1 heterocycles. The summed E-state index contributed by atoms with van der Waals surface area (Å²) in [4.78, 5) is 40.4. The van der Waals surface area contributed by atoms with Crippen molar-refractivity contribution in [2.45, 2.75) is 49.5 Å². The van der Waals surface area contributed by atoms with Crippen molar-refractivity contribution >= 4 is 17.5 Å². The van der Waals surface area contributed by atoms with Gasteiger partial charge in [-0.3, -0.25) is 19.3 Å². The monoisotopic (exact) mass is 551 g/mol. The van der Waals surface area contributed by atoms with E-state index in [0.717, 1.165) is 6.07 Å². The third kappa shape index (κ3) is 3.70. The second-order valence-corrected chi connectivity index (χ2v) is 10.8. The number of alkyl halides is 3. The van der Waals surface area contributed by atoms with Crippen LogP contribution in [0.4, 0.5) is 13.2 Å². The quantitative estimate of drug-likeness (QED) is 0.305. The average molecular weight is 552 g/mol. The fraction of sp³-hybridized carbons (Fsp3) is 0.500. The number of aliphatic hydroxyl groups excluding tert-OH is 2. The molecule has 0 saturated carbocycles. The van der Waals surface area contributed by atoms with E-state index in [-0.39, 0.29) is 12.0 Å². The number of aromatic hydroxyl groups is 1. The van der Waals surface area contributed by atoms with Crippen molar-refractivity contribution in [1.29, 1.82) is 0 Å². The molecule has 210 valence electrons. The second-order valence-electron chi connectivity index (χ2n) is 10.8. The fourth-order valence-electron chi connectivity index (χ4n) is 6.91. The third-order valence-corrected chi connectivity index (χ3v) is 8.47. The first-order valence-electron chi connectivity index (χ1n) is 12.5. The van der Waals surface area contributed by atoms with E-state index in [1.165, 1.54) is 19.0 Å². The van der Waals surface area contributed by atoms with Gasteiger partial charge in [0, 0.05) is 17.5 Å². The van der Waals surface area contributed by atoms with Crippen LogP contribution in [0.3, 0.4) is 0 Å². The van der Waals surface area contributed by atoms with Gasteiger partial charge in [0.2, 0.25) is 5.78 Å². The zero-order chi connectivity index (χ0) is 28.8. The minimum Gasteiger partial charge on any atom is -0.510 e. The molecule has 0 bridgehead atoms. The molecule has 1 aromatic carbocycles. The van der Waals surface area contributed by atoms with Crippen molar-refractivity contribution in [2.24, 2.45) is 17.6 Å². The molecule has 13 heteroatoms. The summed E-state index contributed by atoms with van der Waals surface area (Å²) in [6, 6.07) is -1.02. The largest absolute Gasteiger partial charge is 0.510 e. The molecule has 39 heavy (non-hydrogen) atoms. The van der Waals surface area contributed by atoms with E-state index in [9.17, 15) is 48.0 Å². The highest BCUT2D eigenvalue weighted by Crippen LogP contribution is 2.54. The number of ketones is 2. The lowest BCUT2D eigenvalue weighted by molar-refractivity contribution is -0.148. The highest BCUT2D eigenvalue weighted by atomic mass is 19.4. The lowest BCUT2D eigenvalue weighted by Gasteiger charge is -2.50. The van der Waals surface area contributed by atoms with Crippen LogP contribution in [-0.4, -0.2) is 75.1 Å². The lowest BCUT2D eigenvalue weighted by Crippen LogP contribution is -2.63. The molecule has 0 aromatic heterocycles. The maximum atomic E-state index is 14.5. The summed E-state index contributed by atoms with van der Waals surface area (Å²) in [7, 11) is 2.93. The molecule has 1 aromatic rings. The number of hydrogen-bond acceptors (Lipinski definition) is 9. The Bertz CT molecular complexity index is 1380. The molecular weight excluding hydrogens is 523 g/mol. The molecule has 0 unspecified atom stereocenters. The number of likely N-dealkylation sites (N-methyl/N-ethyl adjacent to an activating group) is 1. The number of Topliss-reactive ketones (excluding diaryl/α,β-unsaturated/α-hetero) is 2. The maximum Gasteiger partial charge on any atom is 0.417 e. The number of carbonyl (C=O) groups excluding carboxylic acids is 3. The number of phenols is 1. The van der Waals surface area contributed by atoms with Crippen molar-refractivity contribution in [3.05, 3.63) is 51.0 Å². The molecular formula is C26H28F3N3O7. The van der Waals surface area contributed by atoms with E-state index in [1.807, 2.05) is 0 Å². The van der Waals surface area contributed by atoms with Gasteiger partial charge in [0.25, 0.3) is 5.91 Å². The van der Waals surface area contributed by atoms with Gasteiger partial charge in [0.15, 0.2) is 11.4 Å². The number of nitrogens with zero attached hydrogens (tertiary/aromatic N) is 1. The summed E-state index contributed by atoms with van der Waals surface area (Å²) in [5.41, 5.74) is -1.35. The number of allylic oxidation sites excluding steroid dienone is 1. The number of fused-ring (bicyclic) bond motifs is 3. The van der Waals surface area contributed by atoms with Crippen molar-refractivity contribution in [3.63, 3.8) is 0 Å². The average Bonchev–Trinajstić information content (AvgIpc) is 3.34. The van der Waals surface area contributed by atoms with E-state index in [1.54, 1.807) is 0 Å². The van der Waals surface area contributed by atoms with Crippen molar-refractivity contribution in [3.8, 4) is 5.75 Å². The van der Waals surface area contributed by atoms with Gasteiger partial charge in [-0.15, -0.1) is 0 Å². The number of carbonyl (C=O) groups is 3. The van der Waals surface area contributed by atoms with E-state index < -0.39 is 105 Å². The zero-order valence-electron chi connectivity index (χ0n) is 21.1. The van der Waals surface area contributed by atoms with Gasteiger partial charge in [-0.1, -0.05) is 0 Å². The topological polar surface area (TPSA) is 173 Å². The Labute approximate surface area is 220 Å². The Morgan fingerprint density at radius 3 is 2.41 bits per heavy atom. The molecule has 1 saturated heterocycles. The number of halogens is 3. The van der Waals surface area contributed by atoms with Crippen molar-refractivity contribution < 1.29 is 48.0 Å². The molecule has 3 aliphatic carbocycles. The number of nitrogens with one attached hydrogen (secondary N) is 1. The Balaban J connectivity index is 1.74. The third-order valence-electron chi connectivity index (χ3n) is 8.47. The molecule has 1 aliphatic heterocycles. The van der Waals surface area contributed by atoms with Crippen LogP contribution < -0.4 is 11.1 Å². The summed E-state index contributed by atoms with van der Waals surface area (Å²) in [6.45, 7) is 0.493. The number of hydrogen-bond donors (Lipinski definition) is 6. The lowest BCUT2D eigenvalue weighted by atomic mass is 9.58. The first-order chi connectivity index (χ1) is 18.1. The SMILES string of the molecule is CN(C)[C@@H]1C(O)=C(C(N)=O)C(=O)[C@@]2(O)C(O)=C3C(=O)c4c(O)cc([C@@H]5CCCN5)c(C(F)(F)F)c4C[C@H]3C[C@@H]12. The Hall–Kier alpha value is -3.42. The molecule has 5 rings (SSSR count). The van der Waals surface area contributed by atoms with Gasteiger partial charge in [0.05, 0.1) is 17.2 Å². The van der Waals surface area contributed by atoms with Gasteiger partial charge in [0.1, 0.15) is 22.8 Å². The number of primary amides is 1. The van der Waals surface area contributed by atoms with Crippen LogP contribution >= 0.6 is 0 Å². The highest BCUT2D eigenvalue weighted by Gasteiger charge is 2.63. The minimum absolute atomic E-state index is 0.182. The smallest absolute Gasteiger partial charge is 0.417 e. The van der Waals surface area contributed by atoms with E-state index in [0.29, 0.717) is 19.4 Å². The summed E-state index contributed by atoms with van der Waals surface area (Å²) >= 11 is 0. The van der Waals surface area contributed by atoms with Crippen molar-refractivity contribution in [2.75, 3.05) is 20.6 Å². The standard InChI is InChI=1S/C26H28F3N3O7/c1-32(2)19-12-7-9-6-11-16(14(33)8-10(13-4-3-5-31-13)18(11)26(27,28)29)20(34)15(9)22(36)25(12,39)23(37)17(21(19)35)24(30)38/h8-9,12-13,19,31,33,35-36,39H,3-7H2,1-2H3,(H2,30,38)/t9-,12-,13-,19-,25-/m0/s1. The van der Waals surface area contributed by atoms with Crippen LogP contribution in [0.1, 0.15) is 52.4 Å². The van der Waals surface area contributed by atoms with Crippen LogP contribution in [0, 0.1) is 11.8 Å². The van der Waals surface area contributed by atoms with Gasteiger partial charge in [-0.2, -0.15) is 13.2 Å². The Morgan fingerprint density at radius 2 is 1.87 bits per heavy atom. The fourth-order valence-corrected chi connectivity index (χ4v) is 6.91. The number of rotatable bonds is 3. The number of nitrogens with two attached hydrogens (primary N) is 1. The van der Waals surface area contributed by atoms with Crippen LogP contribution in [-0.2, 0) is 22.2 Å². The van der Waals surface area contributed by atoms with Crippen LogP contribution in [0.5, 0.6) is 5.75 Å². The van der Waals surface area contributed by atoms with E-state index >= 15 is 0 Å². The Kier molecular flexibility index (Phi) is 6.13. The van der Waals surface area contributed by atoms with Gasteiger partial charge in [-0.25, -0.2) is 0 Å². The first kappa shape index (κ1) is 27.2. The number of aliphatic hydroxyl groups is 3. The van der Waals surface area contributed by atoms with Crippen molar-refractivity contribution in [1.82, 2.24) is 10.2 Å². The van der Waals surface area contributed by atoms with Crippen LogP contribution in [0.25, 0.3) is 0 Å². The van der Waals surface area contributed by atoms with Gasteiger partial charge < -0.3 is 31.5 Å². The predicted molar refractivity (Wildman–Crippen MR) is 129 cm³/mol. The van der Waals surface area contributed by atoms with E-state index in [2.05, 4.69) is 5.32 Å². The molecule has 5 atom stereocenters. The van der Waals surface area contributed by atoms with Gasteiger partial charge in [-0.05, 0) is 69.4 Å². The zero-order valence-corrected chi connectivity index (χ0v) is 21.1. The summed E-state index contributed by atoms with van der Waals surface area (Å²) in [5, 5.41) is 47.4. The number of phenolic OH excluding ortho intramolecular Hbond substituents is 1. The maximum absolute atomic E-state index is 14.5. The van der Waals surface area contributed by atoms with Gasteiger partial charge >= 0.3 is 6.18 Å². The normalized spacial score (nSPS) is 30.9. The highest BCUT2D eigenvalue weighted by molar-refractivity contribution is 6.24. The first-order valence-corrected chi connectivity index (χ1v) is 12.5. The van der Waals surface area contributed by atoms with E-state index in [4.69, 9.17) is 5.73 Å². The van der Waals surface area contributed by atoms with Crippen LogP contribution in [0.15, 0.2) is 28.7 Å². The molecule has 7 N–H and O–H groups in total. The number of benzene rings is 1. The summed E-state index contributed by atoms with van der Waals surface area (Å²) < 4.78 is 43.5. The summed E-state index contributed by atoms with van der Waals surface area (Å²) in [5.74, 6) is -8.96. The molecule has 0 spiro atoms. The predicted octanol–water partition coefficient (Wildman–Crippen LogP) is 1.56. The molecule has 4 aliphatic rings. The second kappa shape index (κ2) is 8.80. The number of amides is 1. The molecule has 0 radical (unpaired) electrons. The van der Waals surface area contributed by atoms with Crippen LogP contribution in [0.2, 0.25) is 0 Å². The molecule has 1 fully saturated rings. The minimum atomic E-state index is -4.87.